The van der Waals surface area contributed by atoms with Gasteiger partial charge in [0.2, 0.25) is 0 Å². The molecule has 1 atom stereocenters. The first-order chi connectivity index (χ1) is 12.1. The normalized spacial score (nSPS) is 10.0. The molecular formula is C15H13BF3O4P-2. The number of hydrogen-bond acceptors (Lipinski definition) is 4. The van der Waals surface area contributed by atoms with E-state index in [0.717, 1.165) is 24.3 Å². The van der Waals surface area contributed by atoms with Gasteiger partial charge < -0.3 is 19.8 Å². The quantitative estimate of drug-likeness (QED) is 0.600. The number of hydrogen-bond donors (Lipinski definition) is 0. The molecule has 0 bridgehead atoms. The van der Waals surface area contributed by atoms with Crippen LogP contribution in [-0.4, -0.2) is 21.7 Å². The molecule has 2 aromatic carbocycles. The van der Waals surface area contributed by atoms with Crippen LogP contribution in [0, 0.1) is 11.6 Å². The molecule has 0 aliphatic carbocycles. The van der Waals surface area contributed by atoms with Gasteiger partial charge in [0.05, 0.1) is 11.9 Å². The van der Waals surface area contributed by atoms with E-state index in [1.165, 1.54) is 12.1 Å². The van der Waals surface area contributed by atoms with Gasteiger partial charge in [0.25, 0.3) is 1.45 Å². The monoisotopic (exact) mass is 358 g/mol. The van der Waals surface area contributed by atoms with Crippen molar-refractivity contribution in [2.45, 2.75) is 6.82 Å². The number of carbonyl (C=O) groups excluding carboxylic acids is 2. The second-order valence-electron chi connectivity index (χ2n) is 4.30. The molecule has 0 N–H and O–H groups in total. The number of carboxylic acids is 2. The van der Waals surface area contributed by atoms with Gasteiger partial charge in [0.15, 0.2) is 0 Å². The van der Waals surface area contributed by atoms with Crippen molar-refractivity contribution in [2.24, 2.45) is 0 Å². The van der Waals surface area contributed by atoms with Crippen LogP contribution in [0.1, 0.15) is 20.7 Å². The lowest BCUT2D eigenvalue weighted by Crippen LogP contribution is -2.23. The van der Waals surface area contributed by atoms with Gasteiger partial charge in [-0.15, -0.1) is 0 Å². The van der Waals surface area contributed by atoms with E-state index in [0.29, 0.717) is 0 Å². The zero-order chi connectivity index (χ0) is 20.4. The fourth-order valence-corrected chi connectivity index (χ4v) is 1.72. The SMILES string of the molecule is O=C([O-])c1ccc(-c2ccc(C(=O)[O-])c(F)c2)cc1F.[2H]B(C)P.[2H]F. The molecule has 0 spiro atoms. The zero-order valence-electron chi connectivity index (χ0n) is 14.4. The maximum absolute atomic E-state index is 13.5. The molecule has 0 fully saturated rings. The smallest absolute Gasteiger partial charge is 0.269 e. The standard InChI is InChI=1S/C14H8F2O4.CH6BP.FH/c15-11-5-7(1-3-9(11)13(17)18)8-2-4-10(14(19)20)12(16)6-8;1-2-3;/h1-6H,(H,17,18)(H,19,20);2H,3H2,1H3;1H/p-2/i;2D;/hD. The van der Waals surface area contributed by atoms with Gasteiger partial charge in [-0.25, -0.2) is 8.78 Å². The Labute approximate surface area is 142 Å². The second kappa shape index (κ2) is 9.73. The van der Waals surface area contributed by atoms with Crippen LogP contribution in [-0.2, 0) is 0 Å². The molecule has 0 aliphatic heterocycles. The molecule has 128 valence electrons. The molecule has 2 rings (SSSR count). The van der Waals surface area contributed by atoms with Crippen molar-refractivity contribution in [1.82, 2.24) is 0 Å². The molecule has 0 heterocycles. The predicted octanol–water partition coefficient (Wildman–Crippen LogP) is 0.772. The number of benzene rings is 2. The van der Waals surface area contributed by atoms with Gasteiger partial charge in [-0.05, 0) is 36.7 Å². The average molecular weight is 358 g/mol. The average Bonchev–Trinajstić information content (AvgIpc) is 2.55. The second-order valence-corrected chi connectivity index (χ2v) is 4.96. The van der Waals surface area contributed by atoms with Crippen molar-refractivity contribution in [3.05, 3.63) is 59.2 Å². The Bertz CT molecular complexity index is 714. The van der Waals surface area contributed by atoms with E-state index >= 15 is 0 Å². The van der Waals surface area contributed by atoms with E-state index in [1.54, 1.807) is 6.82 Å². The number of halogens is 3. The minimum Gasteiger partial charge on any atom is -0.545 e. The molecule has 0 saturated carbocycles. The Morgan fingerprint density at radius 1 is 1.04 bits per heavy atom. The number of carbonyl (C=O) groups is 2. The number of carboxylic acid groups (broad SMARTS) is 2. The third-order valence-corrected chi connectivity index (χ3v) is 2.71. The number of rotatable bonds is 3. The Kier molecular flexibility index (Phi) is 7.30. The van der Waals surface area contributed by atoms with E-state index in [-0.39, 0.29) is 18.1 Å². The van der Waals surface area contributed by atoms with Crippen LogP contribution in [0.25, 0.3) is 11.1 Å². The van der Waals surface area contributed by atoms with Crippen molar-refractivity contribution >= 4 is 28.0 Å². The maximum atomic E-state index is 13.5. The van der Waals surface area contributed by atoms with Crippen molar-refractivity contribution in [3.8, 4) is 11.1 Å². The van der Waals surface area contributed by atoms with Crippen molar-refractivity contribution in [2.75, 3.05) is 0 Å². The summed E-state index contributed by atoms with van der Waals surface area (Å²) in [5.74, 6) is -5.36. The van der Waals surface area contributed by atoms with Crippen LogP contribution in [0.2, 0.25) is 6.82 Å². The Hall–Kier alpha value is -2.34. The lowest BCUT2D eigenvalue weighted by Gasteiger charge is -2.09. The van der Waals surface area contributed by atoms with Gasteiger partial charge in [-0.1, -0.05) is 19.0 Å². The number of aromatic carboxylic acids is 2. The molecule has 0 aliphatic rings. The molecular weight excluding hydrogens is 343 g/mol. The van der Waals surface area contributed by atoms with Gasteiger partial charge in [0, 0.05) is 11.1 Å². The molecule has 9 heteroatoms. The van der Waals surface area contributed by atoms with Gasteiger partial charge in [-0.2, -0.15) is 9.12 Å². The molecule has 0 saturated heterocycles. The summed E-state index contributed by atoms with van der Waals surface area (Å²) >= 11 is 0. The Balaban J connectivity index is 0.000000920. The Morgan fingerprint density at radius 3 is 1.54 bits per heavy atom. The first kappa shape index (κ1) is 18.0. The molecule has 1 unspecified atom stereocenters. The third-order valence-electron chi connectivity index (χ3n) is 2.71. The minimum absolute atomic E-state index is 0.000000000000000222. The summed E-state index contributed by atoms with van der Waals surface area (Å²) in [7, 11) is 2.32. The van der Waals surface area contributed by atoms with E-state index in [2.05, 4.69) is 10.6 Å². The summed E-state index contributed by atoms with van der Waals surface area (Å²) in [6.07, 6.45) is 0. The van der Waals surface area contributed by atoms with E-state index in [9.17, 15) is 28.6 Å². The fraction of sp³-hybridized carbons (Fsp3) is 0.0667. The van der Waals surface area contributed by atoms with Crippen LogP contribution in [0.3, 0.4) is 0 Å². The molecule has 2 aromatic rings. The largest absolute Gasteiger partial charge is 0.545 e. The summed E-state index contributed by atoms with van der Waals surface area (Å²) in [4.78, 5) is 21.1. The predicted molar refractivity (Wildman–Crippen MR) is 85.7 cm³/mol. The lowest BCUT2D eigenvalue weighted by atomic mass is 10.0. The summed E-state index contributed by atoms with van der Waals surface area (Å²) in [6, 6.07) is 6.32. The highest BCUT2D eigenvalue weighted by atomic mass is 31.0. The van der Waals surface area contributed by atoms with Crippen LogP contribution < -0.4 is 10.2 Å². The highest BCUT2D eigenvalue weighted by Crippen LogP contribution is 2.24. The van der Waals surface area contributed by atoms with E-state index in [4.69, 9.17) is 6.05 Å². The highest BCUT2D eigenvalue weighted by molar-refractivity contribution is 7.55. The summed E-state index contributed by atoms with van der Waals surface area (Å²) < 4.78 is 46.5. The zero-order valence-corrected chi connectivity index (χ0v) is 13.5. The molecule has 0 aromatic heterocycles. The molecule has 0 amide bonds. The minimum atomic E-state index is -1.66. The third kappa shape index (κ3) is 5.39. The van der Waals surface area contributed by atoms with Gasteiger partial charge >= 0.3 is 0 Å². The van der Waals surface area contributed by atoms with E-state index in [1.807, 2.05) is 0 Å². The summed E-state index contributed by atoms with van der Waals surface area (Å²) in [5.41, 5.74) is -0.811. The van der Waals surface area contributed by atoms with Crippen LogP contribution in [0.15, 0.2) is 36.4 Å². The lowest BCUT2D eigenvalue weighted by molar-refractivity contribution is -0.256. The topological polar surface area (TPSA) is 80.3 Å². The first-order valence-electron chi connectivity index (χ1n) is 7.29. The van der Waals surface area contributed by atoms with Crippen molar-refractivity contribution in [3.63, 3.8) is 0 Å². The summed E-state index contributed by atoms with van der Waals surface area (Å²) in [6.45, 7) is 1.80. The maximum Gasteiger partial charge on any atom is 0.269 e. The fourth-order valence-electron chi connectivity index (χ4n) is 1.72. The molecule has 0 radical (unpaired) electrons. The highest BCUT2D eigenvalue weighted by Gasteiger charge is 2.09. The van der Waals surface area contributed by atoms with Crippen molar-refractivity contribution < 1.29 is 33.3 Å². The van der Waals surface area contributed by atoms with Crippen LogP contribution in [0.5, 0.6) is 0 Å². The van der Waals surface area contributed by atoms with E-state index < -0.39 is 34.7 Å². The van der Waals surface area contributed by atoms with Crippen molar-refractivity contribution in [1.29, 1.82) is 2.79 Å². The summed E-state index contributed by atoms with van der Waals surface area (Å²) in [5, 5.41) is 21.1. The molecule has 4 nitrogen and oxygen atoms in total. The van der Waals surface area contributed by atoms with Gasteiger partial charge in [0.1, 0.15) is 18.6 Å². The van der Waals surface area contributed by atoms with Gasteiger partial charge in [-0.3, -0.25) is 4.72 Å². The molecule has 24 heavy (non-hydrogen) atoms. The van der Waals surface area contributed by atoms with Crippen LogP contribution in [0.4, 0.5) is 13.5 Å². The Morgan fingerprint density at radius 2 is 1.33 bits per heavy atom. The first-order valence-corrected chi connectivity index (χ1v) is 7.00. The van der Waals surface area contributed by atoms with Crippen LogP contribution >= 0.6 is 9.12 Å².